The highest BCUT2D eigenvalue weighted by Gasteiger charge is 2.44. The second kappa shape index (κ2) is 11.7. The van der Waals surface area contributed by atoms with E-state index in [1.165, 1.54) is 6.92 Å². The molecule has 1 aliphatic heterocycles. The van der Waals surface area contributed by atoms with Crippen LogP contribution in [-0.4, -0.2) is 42.5 Å². The van der Waals surface area contributed by atoms with E-state index in [0.29, 0.717) is 31.0 Å². The molecule has 2 N–H and O–H groups in total. The Kier molecular flexibility index (Phi) is 9.23. The van der Waals surface area contributed by atoms with Crippen LogP contribution in [0.15, 0.2) is 48.5 Å². The number of rotatable bonds is 9. The molecule has 1 aliphatic rings. The van der Waals surface area contributed by atoms with Gasteiger partial charge in [-0.3, -0.25) is 9.69 Å². The molecule has 2 aromatic rings. The van der Waals surface area contributed by atoms with Crippen molar-refractivity contribution >= 4 is 17.7 Å². The van der Waals surface area contributed by atoms with Crippen molar-refractivity contribution in [2.45, 2.75) is 43.8 Å². The molecular formula is C26H30F6N2O2S. The van der Waals surface area contributed by atoms with Gasteiger partial charge in [0.25, 0.3) is 0 Å². The summed E-state index contributed by atoms with van der Waals surface area (Å²) in [5.41, 5.74) is 2.56. The van der Waals surface area contributed by atoms with Gasteiger partial charge in [-0.15, -0.1) is 0 Å². The second-order valence-electron chi connectivity index (χ2n) is 9.40. The van der Waals surface area contributed by atoms with E-state index in [2.05, 4.69) is 0 Å². The lowest BCUT2D eigenvalue weighted by Gasteiger charge is -2.49. The number of amides is 1. The Balaban J connectivity index is 1.97. The quantitative estimate of drug-likeness (QED) is 0.376. The van der Waals surface area contributed by atoms with Crippen LogP contribution in [0.1, 0.15) is 48.1 Å². The van der Waals surface area contributed by atoms with Gasteiger partial charge in [-0.25, -0.2) is 0 Å². The largest absolute Gasteiger partial charge is 0.416 e. The number of nitrogens with zero attached hydrogens (tertiary/aromatic N) is 1. The molecule has 0 aromatic heterocycles. The predicted molar refractivity (Wildman–Crippen MR) is 131 cm³/mol. The maximum atomic E-state index is 13.4. The molecule has 1 amide bonds. The molecule has 3 atom stereocenters. The monoisotopic (exact) mass is 548 g/mol. The molecule has 0 saturated carbocycles. The molecular weight excluding hydrogens is 518 g/mol. The average molecular weight is 549 g/mol. The molecule has 4 nitrogen and oxygen atoms in total. The first-order valence-corrected chi connectivity index (χ1v) is 13.1. The zero-order valence-electron chi connectivity index (χ0n) is 20.5. The van der Waals surface area contributed by atoms with Crippen LogP contribution in [0.2, 0.25) is 0 Å². The first-order chi connectivity index (χ1) is 17.3. The standard InChI is InChI=1S/C26H30F6N2O2S/c1-17(19-10-21(25(27,28)29)12-22(11-19)26(30,31)32)36-16-24(20-6-4-3-5-7-20)9-8-18(15-37-2)13-34(24)14-23(33)35/h3-7,10-12,17-18H,8-9,13-16H2,1-2H3,(H2,33,35)/t17-,18?,24-/m1/s1. The SMILES string of the molecule is CSCC1CC[C@@](CO[C@H](C)c2cc(C(F)(F)F)cc(C(F)(F)F)c2)(c2ccccc2)N(CC(N)=O)C1. The van der Waals surface area contributed by atoms with Crippen molar-refractivity contribution in [2.75, 3.05) is 31.7 Å². The van der Waals surface area contributed by atoms with E-state index in [4.69, 9.17) is 10.5 Å². The molecule has 0 bridgehead atoms. The van der Waals surface area contributed by atoms with E-state index in [9.17, 15) is 31.1 Å². The minimum Gasteiger partial charge on any atom is -0.372 e. The molecule has 0 spiro atoms. The molecule has 1 fully saturated rings. The topological polar surface area (TPSA) is 55.6 Å². The zero-order valence-corrected chi connectivity index (χ0v) is 21.3. The lowest BCUT2D eigenvalue weighted by atomic mass is 9.78. The fourth-order valence-electron chi connectivity index (χ4n) is 4.85. The Morgan fingerprint density at radius 3 is 2.22 bits per heavy atom. The van der Waals surface area contributed by atoms with Crippen molar-refractivity contribution in [3.05, 3.63) is 70.8 Å². The average Bonchev–Trinajstić information content (AvgIpc) is 2.82. The van der Waals surface area contributed by atoms with Gasteiger partial charge in [-0.05, 0) is 67.0 Å². The van der Waals surface area contributed by atoms with Crippen molar-refractivity contribution in [3.63, 3.8) is 0 Å². The van der Waals surface area contributed by atoms with Crippen LogP contribution in [-0.2, 0) is 27.4 Å². The van der Waals surface area contributed by atoms with Gasteiger partial charge < -0.3 is 10.5 Å². The number of hydrogen-bond acceptors (Lipinski definition) is 4. The number of carbonyl (C=O) groups excluding carboxylic acids is 1. The van der Waals surface area contributed by atoms with Gasteiger partial charge >= 0.3 is 12.4 Å². The minimum atomic E-state index is -4.95. The van der Waals surface area contributed by atoms with Gasteiger partial charge in [-0.2, -0.15) is 38.1 Å². The van der Waals surface area contributed by atoms with Crippen molar-refractivity contribution in [1.29, 1.82) is 0 Å². The van der Waals surface area contributed by atoms with Gasteiger partial charge in [0.05, 0.1) is 35.9 Å². The van der Waals surface area contributed by atoms with Crippen molar-refractivity contribution in [1.82, 2.24) is 4.90 Å². The first kappa shape index (κ1) is 29.3. The number of primary amides is 1. The Hall–Kier alpha value is -2.24. The summed E-state index contributed by atoms with van der Waals surface area (Å²) >= 11 is 1.69. The summed E-state index contributed by atoms with van der Waals surface area (Å²) in [6.45, 7) is 1.87. The summed E-state index contributed by atoms with van der Waals surface area (Å²) in [6, 6.07) is 10.7. The van der Waals surface area contributed by atoms with E-state index < -0.39 is 41.0 Å². The normalized spacial score (nSPS) is 22.1. The van der Waals surface area contributed by atoms with Gasteiger partial charge in [0.1, 0.15) is 0 Å². The zero-order chi connectivity index (χ0) is 27.4. The molecule has 204 valence electrons. The third-order valence-electron chi connectivity index (χ3n) is 6.76. The lowest BCUT2D eigenvalue weighted by molar-refractivity contribution is -0.143. The molecule has 0 aliphatic carbocycles. The Morgan fingerprint density at radius 1 is 1.11 bits per heavy atom. The summed E-state index contributed by atoms with van der Waals surface area (Å²) in [5.74, 6) is 0.634. The highest BCUT2D eigenvalue weighted by molar-refractivity contribution is 7.98. The maximum Gasteiger partial charge on any atom is 0.416 e. The smallest absolute Gasteiger partial charge is 0.372 e. The summed E-state index contributed by atoms with van der Waals surface area (Å²) in [7, 11) is 0. The second-order valence-corrected chi connectivity index (χ2v) is 10.3. The summed E-state index contributed by atoms with van der Waals surface area (Å²) in [4.78, 5) is 13.9. The highest BCUT2D eigenvalue weighted by Crippen LogP contribution is 2.42. The predicted octanol–water partition coefficient (Wildman–Crippen LogP) is 6.26. The third-order valence-corrected chi connectivity index (χ3v) is 7.57. The Morgan fingerprint density at radius 2 is 1.70 bits per heavy atom. The van der Waals surface area contributed by atoms with Crippen LogP contribution in [0.3, 0.4) is 0 Å². The molecule has 3 rings (SSSR count). The number of likely N-dealkylation sites (tertiary alicyclic amines) is 1. The molecule has 37 heavy (non-hydrogen) atoms. The van der Waals surface area contributed by atoms with E-state index >= 15 is 0 Å². The van der Waals surface area contributed by atoms with Gasteiger partial charge in [-0.1, -0.05) is 30.3 Å². The molecule has 1 saturated heterocycles. The molecule has 0 radical (unpaired) electrons. The number of nitrogens with two attached hydrogens (primary N) is 1. The van der Waals surface area contributed by atoms with Crippen molar-refractivity contribution in [2.24, 2.45) is 11.7 Å². The Bertz CT molecular complexity index is 1030. The fraction of sp³-hybridized carbons (Fsp3) is 0.500. The van der Waals surface area contributed by atoms with Crippen LogP contribution in [0.4, 0.5) is 26.3 Å². The van der Waals surface area contributed by atoms with E-state index in [1.807, 2.05) is 41.5 Å². The number of piperidine rings is 1. The van der Waals surface area contributed by atoms with E-state index in [1.54, 1.807) is 11.8 Å². The summed E-state index contributed by atoms with van der Waals surface area (Å²) < 4.78 is 86.3. The fourth-order valence-corrected chi connectivity index (χ4v) is 5.59. The number of halogens is 6. The van der Waals surface area contributed by atoms with Crippen LogP contribution in [0.5, 0.6) is 0 Å². The van der Waals surface area contributed by atoms with Crippen molar-refractivity contribution < 1.29 is 35.9 Å². The number of alkyl halides is 6. The van der Waals surface area contributed by atoms with Gasteiger partial charge in [0, 0.05) is 6.54 Å². The highest BCUT2D eigenvalue weighted by atomic mass is 32.2. The molecule has 1 unspecified atom stereocenters. The number of thioether (sulfide) groups is 1. The summed E-state index contributed by atoms with van der Waals surface area (Å²) in [5, 5.41) is 0. The van der Waals surface area contributed by atoms with Crippen LogP contribution >= 0.6 is 11.8 Å². The van der Waals surface area contributed by atoms with Crippen LogP contribution < -0.4 is 5.73 Å². The molecule has 1 heterocycles. The number of benzene rings is 2. The van der Waals surface area contributed by atoms with Crippen molar-refractivity contribution in [3.8, 4) is 0 Å². The molecule has 11 heteroatoms. The number of hydrogen-bond donors (Lipinski definition) is 1. The molecule has 2 aromatic carbocycles. The van der Waals surface area contributed by atoms with Crippen LogP contribution in [0, 0.1) is 5.92 Å². The lowest BCUT2D eigenvalue weighted by Crippen LogP contribution is -2.57. The summed E-state index contributed by atoms with van der Waals surface area (Å²) in [6.07, 6.45) is -7.59. The first-order valence-electron chi connectivity index (χ1n) is 11.7. The van der Waals surface area contributed by atoms with Gasteiger partial charge in [0.2, 0.25) is 5.91 Å². The van der Waals surface area contributed by atoms with E-state index in [-0.39, 0.29) is 24.8 Å². The van der Waals surface area contributed by atoms with E-state index in [0.717, 1.165) is 17.7 Å². The third kappa shape index (κ3) is 7.20. The Labute approximate surface area is 216 Å². The number of ether oxygens (including phenoxy) is 1. The maximum absolute atomic E-state index is 13.4. The number of carbonyl (C=O) groups is 1. The van der Waals surface area contributed by atoms with Crippen LogP contribution in [0.25, 0.3) is 0 Å². The van der Waals surface area contributed by atoms with Gasteiger partial charge in [0.15, 0.2) is 0 Å². The minimum absolute atomic E-state index is 0.0466.